The molecule has 5 nitrogen and oxygen atoms in total. The lowest BCUT2D eigenvalue weighted by Crippen LogP contribution is -3.28. The molecule has 0 radical (unpaired) electrons. The van der Waals surface area contributed by atoms with Gasteiger partial charge >= 0.3 is 0 Å². The van der Waals surface area contributed by atoms with Crippen molar-refractivity contribution >= 4 is 11.6 Å². The number of aryl methyl sites for hydroxylation is 2. The van der Waals surface area contributed by atoms with Crippen molar-refractivity contribution in [1.29, 1.82) is 0 Å². The molecule has 0 saturated carbocycles. The van der Waals surface area contributed by atoms with Crippen LogP contribution in [-0.4, -0.2) is 45.7 Å². The molecule has 0 aromatic heterocycles. The van der Waals surface area contributed by atoms with Gasteiger partial charge in [-0.1, -0.05) is 25.1 Å². The number of quaternary nitrogens is 2. The second kappa shape index (κ2) is 9.85. The predicted octanol–water partition coefficient (Wildman–Crippen LogP) is 0.627. The molecular formula is C23H32FN3O2+2. The molecule has 1 aliphatic heterocycles. The monoisotopic (exact) mass is 401 g/mol. The molecule has 2 aromatic rings. The number of anilines is 1. The number of piperazine rings is 1. The van der Waals surface area contributed by atoms with Crippen LogP contribution < -0.4 is 19.9 Å². The number of carbonyl (C=O) groups excluding carboxylic acids is 1. The molecule has 3 rings (SSSR count). The lowest BCUT2D eigenvalue weighted by Gasteiger charge is -2.29. The highest BCUT2D eigenvalue weighted by Crippen LogP contribution is 2.21. The summed E-state index contributed by atoms with van der Waals surface area (Å²) in [7, 11) is 1.62. The fraction of sp³-hybridized carbons (Fsp3) is 0.435. The average Bonchev–Trinajstić information content (AvgIpc) is 2.71. The zero-order chi connectivity index (χ0) is 20.8. The maximum atomic E-state index is 13.6. The molecule has 0 atom stereocenters. The first-order chi connectivity index (χ1) is 14.0. The average molecular weight is 402 g/mol. The van der Waals surface area contributed by atoms with E-state index in [0.717, 1.165) is 61.7 Å². The van der Waals surface area contributed by atoms with E-state index in [0.29, 0.717) is 6.54 Å². The topological polar surface area (TPSA) is 47.2 Å². The van der Waals surface area contributed by atoms with Crippen molar-refractivity contribution in [1.82, 2.24) is 0 Å². The summed E-state index contributed by atoms with van der Waals surface area (Å²) < 4.78 is 19.0. The van der Waals surface area contributed by atoms with Crippen LogP contribution in [0.4, 0.5) is 10.1 Å². The van der Waals surface area contributed by atoms with Crippen molar-refractivity contribution in [3.8, 4) is 5.75 Å². The maximum Gasteiger partial charge on any atom is 0.279 e. The Morgan fingerprint density at radius 1 is 1.10 bits per heavy atom. The molecule has 3 N–H and O–H groups in total. The standard InChI is InChI=1S/C23H30FN3O2/c1-4-18-7-5-6-17(2)23(18)25-22(28)16-27-12-10-26(11-13-27)15-19-14-20(24)8-9-21(19)29-3/h5-9,14H,4,10-13,15-16H2,1-3H3,(H,25,28)/p+2. The van der Waals surface area contributed by atoms with E-state index in [-0.39, 0.29) is 11.7 Å². The number of para-hydroxylation sites is 1. The van der Waals surface area contributed by atoms with E-state index in [9.17, 15) is 9.18 Å². The van der Waals surface area contributed by atoms with Gasteiger partial charge in [0.1, 0.15) is 44.3 Å². The van der Waals surface area contributed by atoms with Crippen molar-refractivity contribution in [3.63, 3.8) is 0 Å². The summed E-state index contributed by atoms with van der Waals surface area (Å²) in [4.78, 5) is 15.3. The van der Waals surface area contributed by atoms with Gasteiger partial charge in [-0.3, -0.25) is 4.79 Å². The highest BCUT2D eigenvalue weighted by molar-refractivity contribution is 5.93. The highest BCUT2D eigenvalue weighted by Gasteiger charge is 2.26. The van der Waals surface area contributed by atoms with Crippen LogP contribution in [0.25, 0.3) is 0 Å². The second-order valence-corrected chi connectivity index (χ2v) is 7.82. The number of carbonyl (C=O) groups is 1. The summed E-state index contributed by atoms with van der Waals surface area (Å²) in [6, 6.07) is 10.8. The van der Waals surface area contributed by atoms with Gasteiger partial charge in [0.25, 0.3) is 5.91 Å². The molecule has 1 fully saturated rings. The SMILES string of the molecule is CCc1cccc(C)c1NC(=O)C[NH+]1CC[NH+](Cc2cc(F)ccc2OC)CC1. The Hall–Kier alpha value is -2.44. The fourth-order valence-corrected chi connectivity index (χ4v) is 4.08. The minimum absolute atomic E-state index is 0.0687. The van der Waals surface area contributed by atoms with Gasteiger partial charge in [-0.15, -0.1) is 0 Å². The lowest BCUT2D eigenvalue weighted by atomic mass is 10.1. The molecule has 29 heavy (non-hydrogen) atoms. The van der Waals surface area contributed by atoms with Gasteiger partial charge in [-0.25, -0.2) is 4.39 Å². The number of hydrogen-bond donors (Lipinski definition) is 3. The molecule has 0 aliphatic carbocycles. The summed E-state index contributed by atoms with van der Waals surface area (Å²) in [6.07, 6.45) is 0.899. The van der Waals surface area contributed by atoms with Crippen molar-refractivity contribution in [2.45, 2.75) is 26.8 Å². The van der Waals surface area contributed by atoms with E-state index in [2.05, 4.69) is 18.3 Å². The number of rotatable bonds is 7. The normalized spacial score (nSPS) is 19.0. The van der Waals surface area contributed by atoms with Crippen LogP contribution in [0.5, 0.6) is 5.75 Å². The third-order valence-corrected chi connectivity index (χ3v) is 5.76. The number of hydrogen-bond acceptors (Lipinski definition) is 2. The summed E-state index contributed by atoms with van der Waals surface area (Å²) in [6.45, 7) is 9.11. The zero-order valence-electron chi connectivity index (χ0n) is 17.6. The second-order valence-electron chi connectivity index (χ2n) is 7.82. The summed E-state index contributed by atoms with van der Waals surface area (Å²) in [5, 5.41) is 3.12. The molecule has 1 saturated heterocycles. The van der Waals surface area contributed by atoms with Gasteiger partial charge in [-0.05, 0) is 42.7 Å². The van der Waals surface area contributed by atoms with Crippen molar-refractivity contribution in [2.24, 2.45) is 0 Å². The first-order valence-corrected chi connectivity index (χ1v) is 10.4. The van der Waals surface area contributed by atoms with Crippen molar-refractivity contribution < 1.29 is 23.7 Å². The number of amides is 1. The van der Waals surface area contributed by atoms with E-state index in [1.54, 1.807) is 19.2 Å². The third kappa shape index (κ3) is 5.55. The number of ether oxygens (including phenoxy) is 1. The Morgan fingerprint density at radius 2 is 1.83 bits per heavy atom. The largest absolute Gasteiger partial charge is 0.496 e. The highest BCUT2D eigenvalue weighted by atomic mass is 19.1. The number of benzene rings is 2. The molecular weight excluding hydrogens is 369 g/mol. The van der Waals surface area contributed by atoms with E-state index >= 15 is 0 Å². The predicted molar refractivity (Wildman–Crippen MR) is 112 cm³/mol. The van der Waals surface area contributed by atoms with E-state index in [1.165, 1.54) is 21.4 Å². The molecule has 1 aliphatic rings. The van der Waals surface area contributed by atoms with Gasteiger partial charge in [-0.2, -0.15) is 0 Å². The van der Waals surface area contributed by atoms with Crippen LogP contribution in [0, 0.1) is 12.7 Å². The molecule has 156 valence electrons. The van der Waals surface area contributed by atoms with E-state index in [4.69, 9.17) is 4.74 Å². The molecule has 6 heteroatoms. The molecule has 1 amide bonds. The minimum Gasteiger partial charge on any atom is -0.496 e. The smallest absolute Gasteiger partial charge is 0.279 e. The minimum atomic E-state index is -0.233. The summed E-state index contributed by atoms with van der Waals surface area (Å²) in [5.41, 5.74) is 4.13. The van der Waals surface area contributed by atoms with Gasteiger partial charge < -0.3 is 19.9 Å². The van der Waals surface area contributed by atoms with Gasteiger partial charge in [0.15, 0.2) is 6.54 Å². The quantitative estimate of drug-likeness (QED) is 0.637. The molecule has 0 spiro atoms. The van der Waals surface area contributed by atoms with Crippen molar-refractivity contribution in [2.75, 3.05) is 45.2 Å². The Labute approximate surface area is 172 Å². The number of halogens is 1. The summed E-state index contributed by atoms with van der Waals surface area (Å²) in [5.74, 6) is 0.570. The zero-order valence-corrected chi connectivity index (χ0v) is 17.6. The van der Waals surface area contributed by atoms with Crippen LogP contribution in [-0.2, 0) is 17.8 Å². The van der Waals surface area contributed by atoms with E-state index in [1.807, 2.05) is 19.1 Å². The van der Waals surface area contributed by atoms with Gasteiger partial charge in [0.2, 0.25) is 0 Å². The Morgan fingerprint density at radius 3 is 2.52 bits per heavy atom. The van der Waals surface area contributed by atoms with Gasteiger partial charge in [0.05, 0.1) is 12.7 Å². The third-order valence-electron chi connectivity index (χ3n) is 5.76. The van der Waals surface area contributed by atoms with Crippen LogP contribution in [0.2, 0.25) is 0 Å². The first kappa shape index (κ1) is 21.3. The van der Waals surface area contributed by atoms with Crippen LogP contribution >= 0.6 is 0 Å². The molecule has 2 aromatic carbocycles. The summed E-state index contributed by atoms with van der Waals surface area (Å²) >= 11 is 0. The Kier molecular flexibility index (Phi) is 7.23. The fourth-order valence-electron chi connectivity index (χ4n) is 4.08. The molecule has 1 heterocycles. The van der Waals surface area contributed by atoms with Crippen LogP contribution in [0.3, 0.4) is 0 Å². The first-order valence-electron chi connectivity index (χ1n) is 10.4. The molecule has 0 bridgehead atoms. The van der Waals surface area contributed by atoms with Crippen LogP contribution in [0.1, 0.15) is 23.6 Å². The lowest BCUT2D eigenvalue weighted by molar-refractivity contribution is -1.02. The number of methoxy groups -OCH3 is 1. The maximum absolute atomic E-state index is 13.6. The van der Waals surface area contributed by atoms with E-state index < -0.39 is 0 Å². The van der Waals surface area contributed by atoms with Crippen LogP contribution in [0.15, 0.2) is 36.4 Å². The molecule has 0 unspecified atom stereocenters. The Balaban J connectivity index is 1.51. The van der Waals surface area contributed by atoms with Gasteiger partial charge in [0, 0.05) is 5.69 Å². The Bertz CT molecular complexity index is 848. The number of nitrogens with one attached hydrogen (secondary N) is 3. The van der Waals surface area contributed by atoms with Crippen molar-refractivity contribution in [3.05, 3.63) is 58.9 Å².